The van der Waals surface area contributed by atoms with Crippen molar-refractivity contribution in [3.63, 3.8) is 0 Å². The van der Waals surface area contributed by atoms with Gasteiger partial charge in [-0.15, -0.1) is 0 Å². The summed E-state index contributed by atoms with van der Waals surface area (Å²) in [6, 6.07) is 63.9. The molecule has 7 aromatic carbocycles. The number of benzene rings is 7. The van der Waals surface area contributed by atoms with E-state index in [0.717, 1.165) is 17.1 Å². The van der Waals surface area contributed by atoms with Crippen LogP contribution in [-0.4, -0.2) is 0 Å². The third-order valence-electron chi connectivity index (χ3n) is 8.72. The summed E-state index contributed by atoms with van der Waals surface area (Å²) in [5.41, 5.74) is 10.8. The molecule has 0 aromatic heterocycles. The molecule has 0 unspecified atom stereocenters. The topological polar surface area (TPSA) is 3.24 Å². The Balaban J connectivity index is 1.33. The second-order valence-corrected chi connectivity index (χ2v) is 11.0. The van der Waals surface area contributed by atoms with E-state index in [2.05, 4.69) is 181 Å². The molecule has 1 nitrogen and oxygen atoms in total. The van der Waals surface area contributed by atoms with Gasteiger partial charge in [-0.3, -0.25) is 0 Å². The Morgan fingerprint density at radius 3 is 1.48 bits per heavy atom. The predicted octanol–water partition coefficient (Wildman–Crippen LogP) is 10.7. The van der Waals surface area contributed by atoms with Gasteiger partial charge in [-0.05, 0) is 80.6 Å². The first kappa shape index (κ1) is 24.4. The van der Waals surface area contributed by atoms with E-state index in [-0.39, 0.29) is 0 Å². The Labute approximate surface area is 247 Å². The van der Waals surface area contributed by atoms with Gasteiger partial charge in [-0.2, -0.15) is 0 Å². The van der Waals surface area contributed by atoms with Gasteiger partial charge in [-0.1, -0.05) is 140 Å². The summed E-state index contributed by atoms with van der Waals surface area (Å²) in [5.74, 6) is 0. The van der Waals surface area contributed by atoms with Gasteiger partial charge in [0.25, 0.3) is 0 Å². The van der Waals surface area contributed by atoms with E-state index < -0.39 is 5.41 Å². The van der Waals surface area contributed by atoms with Crippen molar-refractivity contribution in [1.29, 1.82) is 0 Å². The molecule has 0 aliphatic heterocycles. The highest BCUT2D eigenvalue weighted by molar-refractivity contribution is 5.90. The number of hydrogen-bond donors (Lipinski definition) is 0. The number of para-hydroxylation sites is 1. The second kappa shape index (κ2) is 9.90. The maximum atomic E-state index is 2.35. The van der Waals surface area contributed by atoms with Crippen LogP contribution in [0.4, 0.5) is 17.1 Å². The predicted molar refractivity (Wildman–Crippen MR) is 176 cm³/mol. The number of anilines is 3. The Bertz CT molecular complexity index is 1980. The molecule has 0 saturated heterocycles. The van der Waals surface area contributed by atoms with Crippen LogP contribution >= 0.6 is 0 Å². The van der Waals surface area contributed by atoms with E-state index in [0.29, 0.717) is 0 Å². The van der Waals surface area contributed by atoms with Crippen LogP contribution in [0.1, 0.15) is 22.3 Å². The summed E-state index contributed by atoms with van der Waals surface area (Å²) in [5, 5.41) is 2.47. The van der Waals surface area contributed by atoms with E-state index in [9.17, 15) is 0 Å². The first-order valence-corrected chi connectivity index (χ1v) is 14.5. The average Bonchev–Trinajstić information content (AvgIpc) is 3.37. The van der Waals surface area contributed by atoms with E-state index >= 15 is 0 Å². The van der Waals surface area contributed by atoms with Gasteiger partial charge in [0.15, 0.2) is 0 Å². The highest BCUT2D eigenvalue weighted by Gasteiger charge is 2.45. The van der Waals surface area contributed by atoms with Crippen LogP contribution in [0.25, 0.3) is 21.9 Å². The van der Waals surface area contributed by atoms with Crippen LogP contribution < -0.4 is 4.90 Å². The van der Waals surface area contributed by atoms with Gasteiger partial charge < -0.3 is 4.90 Å². The lowest BCUT2D eigenvalue weighted by Crippen LogP contribution is -2.28. The van der Waals surface area contributed by atoms with E-state index in [1.165, 1.54) is 44.2 Å². The minimum absolute atomic E-state index is 0.395. The van der Waals surface area contributed by atoms with E-state index in [4.69, 9.17) is 0 Å². The van der Waals surface area contributed by atoms with Crippen molar-refractivity contribution in [1.82, 2.24) is 0 Å². The lowest BCUT2D eigenvalue weighted by atomic mass is 9.68. The molecule has 0 fully saturated rings. The normalized spacial score (nSPS) is 13.0. The van der Waals surface area contributed by atoms with Crippen molar-refractivity contribution in [2.75, 3.05) is 4.90 Å². The zero-order valence-corrected chi connectivity index (χ0v) is 23.2. The molecule has 8 rings (SSSR count). The molecule has 0 bridgehead atoms. The molecule has 0 saturated carbocycles. The minimum atomic E-state index is -0.395. The Hall–Kier alpha value is -5.40. The van der Waals surface area contributed by atoms with Crippen molar-refractivity contribution in [3.8, 4) is 11.1 Å². The van der Waals surface area contributed by atoms with E-state index in [1.54, 1.807) is 0 Å². The molecular formula is C41H29N. The molecule has 1 aliphatic carbocycles. The van der Waals surface area contributed by atoms with Gasteiger partial charge in [0.1, 0.15) is 0 Å². The number of rotatable bonds is 5. The SMILES string of the molecule is c1ccc(N(c2ccc(C3(c4ccccc4)c4ccccc4-c4ccccc43)cc2)c2ccc3ccccc3c2)cc1. The Morgan fingerprint density at radius 1 is 0.333 bits per heavy atom. The van der Waals surface area contributed by atoms with Crippen molar-refractivity contribution in [3.05, 3.63) is 198 Å². The molecular weight excluding hydrogens is 506 g/mol. The number of hydrogen-bond acceptors (Lipinski definition) is 1. The summed E-state index contributed by atoms with van der Waals surface area (Å²) in [7, 11) is 0. The summed E-state index contributed by atoms with van der Waals surface area (Å²) in [6.07, 6.45) is 0. The highest BCUT2D eigenvalue weighted by atomic mass is 15.1. The molecule has 0 amide bonds. The molecule has 0 atom stereocenters. The Morgan fingerprint density at radius 2 is 0.810 bits per heavy atom. The van der Waals surface area contributed by atoms with Crippen LogP contribution in [0.2, 0.25) is 0 Å². The summed E-state index contributed by atoms with van der Waals surface area (Å²) in [4.78, 5) is 2.35. The smallest absolute Gasteiger partial charge is 0.0713 e. The summed E-state index contributed by atoms with van der Waals surface area (Å²) in [6.45, 7) is 0. The third kappa shape index (κ3) is 3.71. The number of nitrogens with zero attached hydrogens (tertiary/aromatic N) is 1. The van der Waals surface area contributed by atoms with Gasteiger partial charge in [-0.25, -0.2) is 0 Å². The van der Waals surface area contributed by atoms with Gasteiger partial charge >= 0.3 is 0 Å². The molecule has 0 radical (unpaired) electrons. The third-order valence-corrected chi connectivity index (χ3v) is 8.72. The molecule has 198 valence electrons. The minimum Gasteiger partial charge on any atom is -0.310 e. The lowest BCUT2D eigenvalue weighted by molar-refractivity contribution is 0.768. The van der Waals surface area contributed by atoms with Crippen LogP contribution in [-0.2, 0) is 5.41 Å². The van der Waals surface area contributed by atoms with Crippen LogP contribution in [0, 0.1) is 0 Å². The van der Waals surface area contributed by atoms with E-state index in [1.807, 2.05) is 0 Å². The highest BCUT2D eigenvalue weighted by Crippen LogP contribution is 2.56. The lowest BCUT2D eigenvalue weighted by Gasteiger charge is -2.34. The average molecular weight is 536 g/mol. The van der Waals surface area contributed by atoms with Gasteiger partial charge in [0, 0.05) is 17.1 Å². The first-order valence-electron chi connectivity index (χ1n) is 14.5. The first-order chi connectivity index (χ1) is 20.8. The fourth-order valence-corrected chi connectivity index (χ4v) is 6.91. The fraction of sp³-hybridized carbons (Fsp3) is 0.0244. The van der Waals surface area contributed by atoms with Crippen molar-refractivity contribution in [2.45, 2.75) is 5.41 Å². The largest absolute Gasteiger partial charge is 0.310 e. The zero-order chi connectivity index (χ0) is 27.9. The van der Waals surface area contributed by atoms with Crippen LogP contribution in [0.3, 0.4) is 0 Å². The molecule has 1 aliphatic rings. The summed E-state index contributed by atoms with van der Waals surface area (Å²) < 4.78 is 0. The Kier molecular flexibility index (Phi) is 5.75. The van der Waals surface area contributed by atoms with Crippen LogP contribution in [0.15, 0.2) is 176 Å². The standard InChI is InChI=1S/C41H29N/c1-3-15-32(16-4-1)41(39-21-11-9-19-37(39)38-20-10-12-22-40(38)41)33-24-27-35(28-25-33)42(34-17-5-2-6-18-34)36-26-23-30-13-7-8-14-31(30)29-36/h1-29H. The second-order valence-electron chi connectivity index (χ2n) is 11.0. The monoisotopic (exact) mass is 535 g/mol. The quantitative estimate of drug-likeness (QED) is 0.212. The van der Waals surface area contributed by atoms with Gasteiger partial charge in [0.2, 0.25) is 0 Å². The molecule has 0 spiro atoms. The van der Waals surface area contributed by atoms with Crippen molar-refractivity contribution < 1.29 is 0 Å². The maximum Gasteiger partial charge on any atom is 0.0713 e. The summed E-state index contributed by atoms with van der Waals surface area (Å²) >= 11 is 0. The fourth-order valence-electron chi connectivity index (χ4n) is 6.91. The van der Waals surface area contributed by atoms with Gasteiger partial charge in [0.05, 0.1) is 5.41 Å². The molecule has 0 N–H and O–H groups in total. The molecule has 0 heterocycles. The molecule has 7 aromatic rings. The van der Waals surface area contributed by atoms with Crippen LogP contribution in [0.5, 0.6) is 0 Å². The molecule has 1 heteroatoms. The zero-order valence-electron chi connectivity index (χ0n) is 23.2. The molecule has 42 heavy (non-hydrogen) atoms. The maximum absolute atomic E-state index is 2.35. The van der Waals surface area contributed by atoms with Crippen molar-refractivity contribution >= 4 is 27.8 Å². The van der Waals surface area contributed by atoms with Crippen molar-refractivity contribution in [2.24, 2.45) is 0 Å². The number of fused-ring (bicyclic) bond motifs is 4.